The third-order valence-electron chi connectivity index (χ3n) is 4.03. The fourth-order valence-electron chi connectivity index (χ4n) is 2.98. The van der Waals surface area contributed by atoms with Gasteiger partial charge in [-0.1, -0.05) is 23.2 Å². The molecule has 0 atom stereocenters. The summed E-state index contributed by atoms with van der Waals surface area (Å²) in [5, 5.41) is 9.44. The molecule has 3 aromatic rings. The monoisotopic (exact) mass is 359 g/mol. The van der Waals surface area contributed by atoms with Crippen LogP contribution in [0.3, 0.4) is 0 Å². The van der Waals surface area contributed by atoms with Gasteiger partial charge in [0.2, 0.25) is 0 Å². The van der Waals surface area contributed by atoms with Crippen LogP contribution in [-0.4, -0.2) is 26.3 Å². The van der Waals surface area contributed by atoms with Crippen LogP contribution in [0.1, 0.15) is 18.4 Å². The minimum absolute atomic E-state index is 0.580. The first-order valence-corrected chi connectivity index (χ1v) is 8.56. The van der Waals surface area contributed by atoms with Crippen LogP contribution in [0.25, 0.3) is 17.1 Å². The summed E-state index contributed by atoms with van der Waals surface area (Å²) in [6, 6.07) is 5.42. The molecule has 0 saturated carbocycles. The van der Waals surface area contributed by atoms with Gasteiger partial charge in [0, 0.05) is 34.5 Å². The Morgan fingerprint density at radius 3 is 2.62 bits per heavy atom. The van der Waals surface area contributed by atoms with E-state index in [9.17, 15) is 0 Å². The van der Waals surface area contributed by atoms with Crippen LogP contribution in [0.5, 0.6) is 0 Å². The summed E-state index contributed by atoms with van der Waals surface area (Å²) >= 11 is 12.3. The van der Waals surface area contributed by atoms with Crippen molar-refractivity contribution in [1.29, 1.82) is 0 Å². The average Bonchev–Trinajstić information content (AvgIpc) is 2.76. The highest BCUT2D eigenvalue weighted by atomic mass is 35.5. The Balaban J connectivity index is 1.93. The Labute approximate surface area is 149 Å². The number of aromatic nitrogens is 4. The van der Waals surface area contributed by atoms with Gasteiger partial charge >= 0.3 is 0 Å². The Morgan fingerprint density at radius 2 is 1.88 bits per heavy atom. The Bertz CT molecular complexity index is 856. The summed E-state index contributed by atoms with van der Waals surface area (Å²) < 4.78 is 1.86. The quantitative estimate of drug-likeness (QED) is 0.737. The van der Waals surface area contributed by atoms with Crippen molar-refractivity contribution in [3.05, 3.63) is 52.4 Å². The first-order chi connectivity index (χ1) is 11.7. The van der Waals surface area contributed by atoms with E-state index in [0.717, 1.165) is 54.3 Å². The summed E-state index contributed by atoms with van der Waals surface area (Å²) in [6.07, 6.45) is 8.25. The molecule has 3 heterocycles. The number of halogens is 2. The van der Waals surface area contributed by atoms with Crippen molar-refractivity contribution in [1.82, 2.24) is 19.7 Å². The van der Waals surface area contributed by atoms with Gasteiger partial charge in [0.25, 0.3) is 0 Å². The van der Waals surface area contributed by atoms with Crippen molar-refractivity contribution in [2.45, 2.75) is 19.3 Å². The molecular weight excluding hydrogens is 345 g/mol. The molecular formula is C17H15Cl2N5. The first kappa shape index (κ1) is 15.4. The molecule has 4 rings (SSSR count). The molecule has 0 spiro atoms. The summed E-state index contributed by atoms with van der Waals surface area (Å²) in [5.74, 6) is 0.978. The van der Waals surface area contributed by atoms with Crippen molar-refractivity contribution in [2.75, 3.05) is 11.9 Å². The highest BCUT2D eigenvalue weighted by molar-refractivity contribution is 6.34. The maximum atomic E-state index is 6.17. The van der Waals surface area contributed by atoms with Gasteiger partial charge in [0.15, 0.2) is 0 Å². The zero-order valence-electron chi connectivity index (χ0n) is 12.8. The minimum Gasteiger partial charge on any atom is -0.370 e. The second kappa shape index (κ2) is 6.42. The lowest BCUT2D eigenvalue weighted by Crippen LogP contribution is -2.07. The van der Waals surface area contributed by atoms with Crippen LogP contribution in [0.4, 0.5) is 5.82 Å². The van der Waals surface area contributed by atoms with Crippen molar-refractivity contribution in [3.8, 4) is 17.1 Å². The van der Waals surface area contributed by atoms with Crippen molar-refractivity contribution in [3.63, 3.8) is 0 Å². The molecule has 0 saturated heterocycles. The van der Waals surface area contributed by atoms with Gasteiger partial charge in [-0.05, 0) is 37.5 Å². The molecule has 1 aromatic carbocycles. The smallest absolute Gasteiger partial charge is 0.133 e. The maximum absolute atomic E-state index is 6.17. The van der Waals surface area contributed by atoms with Crippen LogP contribution >= 0.6 is 23.2 Å². The van der Waals surface area contributed by atoms with Crippen molar-refractivity contribution in [2.24, 2.45) is 0 Å². The fourth-order valence-corrected chi connectivity index (χ4v) is 3.49. The molecule has 0 unspecified atom stereocenters. The van der Waals surface area contributed by atoms with E-state index in [0.29, 0.717) is 10.0 Å². The van der Waals surface area contributed by atoms with Gasteiger partial charge in [-0.15, -0.1) is 0 Å². The van der Waals surface area contributed by atoms with Crippen LogP contribution in [0, 0.1) is 0 Å². The zero-order valence-corrected chi connectivity index (χ0v) is 14.3. The molecule has 122 valence electrons. The molecule has 0 amide bonds. The first-order valence-electron chi connectivity index (χ1n) is 7.81. The van der Waals surface area contributed by atoms with E-state index in [-0.39, 0.29) is 0 Å². The van der Waals surface area contributed by atoms with Crippen LogP contribution in [0.15, 0.2) is 36.8 Å². The second-order valence-corrected chi connectivity index (χ2v) is 6.56. The van der Waals surface area contributed by atoms with Crippen LogP contribution in [0.2, 0.25) is 10.0 Å². The van der Waals surface area contributed by atoms with Crippen molar-refractivity contribution < 1.29 is 0 Å². The molecule has 0 bridgehead atoms. The molecule has 0 aliphatic carbocycles. The van der Waals surface area contributed by atoms with E-state index in [1.807, 2.05) is 16.8 Å². The summed E-state index contributed by atoms with van der Waals surface area (Å²) in [4.78, 5) is 8.58. The van der Waals surface area contributed by atoms with Gasteiger partial charge in [0.1, 0.15) is 17.2 Å². The lowest BCUT2D eigenvalue weighted by molar-refractivity contribution is 0.779. The Morgan fingerprint density at radius 1 is 1.04 bits per heavy atom. The summed E-state index contributed by atoms with van der Waals surface area (Å²) in [7, 11) is 0. The number of benzene rings is 1. The third-order valence-corrected chi connectivity index (χ3v) is 4.46. The van der Waals surface area contributed by atoms with Crippen LogP contribution < -0.4 is 5.32 Å². The number of nitrogens with zero attached hydrogens (tertiary/aromatic N) is 4. The molecule has 7 heteroatoms. The topological polar surface area (TPSA) is 55.6 Å². The molecule has 1 N–H and O–H groups in total. The molecule has 0 fully saturated rings. The van der Waals surface area contributed by atoms with E-state index in [1.165, 1.54) is 0 Å². The standard InChI is InChI=1S/C17H15Cl2N5/c18-11-7-12(19)9-13(8-11)24-17-14(3-1-2-4-22-17)16(23-24)15-10-20-5-6-21-15/h5-10,22H,1-4H2. The Hall–Kier alpha value is -2.11. The molecule has 1 aliphatic rings. The second-order valence-electron chi connectivity index (χ2n) is 5.69. The maximum Gasteiger partial charge on any atom is 0.133 e. The lowest BCUT2D eigenvalue weighted by Gasteiger charge is -2.10. The van der Waals surface area contributed by atoms with Crippen LogP contribution in [-0.2, 0) is 6.42 Å². The van der Waals surface area contributed by atoms with E-state index in [1.54, 1.807) is 24.7 Å². The zero-order chi connectivity index (χ0) is 16.5. The SMILES string of the molecule is Clc1cc(Cl)cc(-n2nc(-c3cnccn3)c3c2NCCCC3)c1. The molecule has 2 aromatic heterocycles. The highest BCUT2D eigenvalue weighted by Gasteiger charge is 2.22. The number of hydrogen-bond acceptors (Lipinski definition) is 4. The normalized spacial score (nSPS) is 13.9. The number of anilines is 1. The van der Waals surface area contributed by atoms with Gasteiger partial charge in [-0.2, -0.15) is 5.10 Å². The van der Waals surface area contributed by atoms with Gasteiger partial charge in [0.05, 0.1) is 11.9 Å². The average molecular weight is 360 g/mol. The molecule has 5 nitrogen and oxygen atoms in total. The minimum atomic E-state index is 0.580. The molecule has 0 radical (unpaired) electrons. The largest absolute Gasteiger partial charge is 0.370 e. The number of rotatable bonds is 2. The molecule has 24 heavy (non-hydrogen) atoms. The van der Waals surface area contributed by atoms with Gasteiger partial charge in [-0.3, -0.25) is 9.97 Å². The number of hydrogen-bond donors (Lipinski definition) is 1. The fraction of sp³-hybridized carbons (Fsp3) is 0.235. The van der Waals surface area contributed by atoms with Gasteiger partial charge in [-0.25, -0.2) is 4.68 Å². The van der Waals surface area contributed by atoms with Crippen molar-refractivity contribution >= 4 is 29.0 Å². The van der Waals surface area contributed by atoms with E-state index in [2.05, 4.69) is 15.3 Å². The molecule has 1 aliphatic heterocycles. The third kappa shape index (κ3) is 2.85. The predicted octanol–water partition coefficient (Wildman–Crippen LogP) is 4.38. The Kier molecular flexibility index (Phi) is 4.12. The van der Waals surface area contributed by atoms with Gasteiger partial charge < -0.3 is 5.32 Å². The van der Waals surface area contributed by atoms with E-state index in [4.69, 9.17) is 28.3 Å². The number of fused-ring (bicyclic) bond motifs is 1. The van der Waals surface area contributed by atoms with E-state index < -0.39 is 0 Å². The summed E-state index contributed by atoms with van der Waals surface area (Å²) in [6.45, 7) is 0.910. The summed E-state index contributed by atoms with van der Waals surface area (Å²) in [5.41, 5.74) is 3.60. The highest BCUT2D eigenvalue weighted by Crippen LogP contribution is 2.34. The predicted molar refractivity (Wildman–Crippen MR) is 96.0 cm³/mol. The lowest BCUT2D eigenvalue weighted by atomic mass is 10.1. The van der Waals surface area contributed by atoms with E-state index >= 15 is 0 Å². The number of nitrogens with one attached hydrogen (secondary N) is 1.